The van der Waals surface area contributed by atoms with E-state index in [0.717, 1.165) is 24.8 Å². The predicted molar refractivity (Wildman–Crippen MR) is 101 cm³/mol. The van der Waals surface area contributed by atoms with E-state index in [1.165, 1.54) is 12.8 Å². The Morgan fingerprint density at radius 3 is 2.40 bits per heavy atom. The van der Waals surface area contributed by atoms with Crippen molar-refractivity contribution in [3.05, 3.63) is 34.9 Å². The summed E-state index contributed by atoms with van der Waals surface area (Å²) >= 11 is 5.95. The van der Waals surface area contributed by atoms with Crippen molar-refractivity contribution in [3.63, 3.8) is 0 Å². The topological polar surface area (TPSA) is 49.4 Å². The Hall–Kier alpha value is -1.55. The summed E-state index contributed by atoms with van der Waals surface area (Å²) in [5.41, 5.74) is 0.987. The van der Waals surface area contributed by atoms with Crippen molar-refractivity contribution in [3.8, 4) is 0 Å². The minimum atomic E-state index is -0.421. The lowest BCUT2D eigenvalue weighted by Gasteiger charge is -2.31. The number of amides is 2. The van der Waals surface area contributed by atoms with Crippen LogP contribution in [0.2, 0.25) is 5.02 Å². The highest BCUT2D eigenvalue weighted by atomic mass is 35.5. The van der Waals surface area contributed by atoms with Gasteiger partial charge in [0.15, 0.2) is 0 Å². The third-order valence-corrected chi connectivity index (χ3v) is 5.07. The summed E-state index contributed by atoms with van der Waals surface area (Å²) in [6, 6.07) is 7.31. The molecule has 0 bridgehead atoms. The zero-order valence-corrected chi connectivity index (χ0v) is 16.0. The molecule has 2 rings (SSSR count). The first kappa shape index (κ1) is 19.8. The van der Waals surface area contributed by atoms with Gasteiger partial charge in [0.1, 0.15) is 6.04 Å². The molecule has 5 heteroatoms. The molecule has 0 unspecified atom stereocenters. The second-order valence-electron chi connectivity index (χ2n) is 6.81. The maximum Gasteiger partial charge on any atom is 0.243 e. The number of hydrogen-bond acceptors (Lipinski definition) is 2. The molecule has 25 heavy (non-hydrogen) atoms. The molecule has 0 spiro atoms. The van der Waals surface area contributed by atoms with Crippen LogP contribution in [0.25, 0.3) is 0 Å². The van der Waals surface area contributed by atoms with Crippen LogP contribution < -0.4 is 5.32 Å². The van der Waals surface area contributed by atoms with Crippen LogP contribution in [0.3, 0.4) is 0 Å². The van der Waals surface area contributed by atoms with Gasteiger partial charge < -0.3 is 10.2 Å². The summed E-state index contributed by atoms with van der Waals surface area (Å²) in [5.74, 6) is 0.0127. The maximum atomic E-state index is 12.8. The molecule has 0 saturated heterocycles. The number of rotatable bonds is 8. The van der Waals surface area contributed by atoms with Crippen molar-refractivity contribution in [1.82, 2.24) is 10.2 Å². The van der Waals surface area contributed by atoms with Crippen molar-refractivity contribution in [2.24, 2.45) is 0 Å². The van der Waals surface area contributed by atoms with Gasteiger partial charge in [0.05, 0.1) is 0 Å². The van der Waals surface area contributed by atoms with E-state index in [1.54, 1.807) is 4.90 Å². The number of benzene rings is 1. The average Bonchev–Trinajstić information content (AvgIpc) is 3.09. The molecule has 138 valence electrons. The summed E-state index contributed by atoms with van der Waals surface area (Å²) in [6.45, 7) is 4.39. The Morgan fingerprint density at radius 1 is 1.20 bits per heavy atom. The monoisotopic (exact) mass is 364 g/mol. The Balaban J connectivity index is 2.13. The second kappa shape index (κ2) is 9.81. The van der Waals surface area contributed by atoms with E-state index in [-0.39, 0.29) is 17.9 Å². The average molecular weight is 365 g/mol. The van der Waals surface area contributed by atoms with Crippen LogP contribution in [-0.4, -0.2) is 28.8 Å². The molecule has 0 heterocycles. The lowest BCUT2D eigenvalue weighted by atomic mass is 10.1. The standard InChI is InChI=1S/C20H29ClN2O2/c1-3-7-19(24)23(14-15-10-12-16(21)13-11-15)18(4-2)20(25)22-17-8-5-6-9-17/h10-13,17-18H,3-9,14H2,1-2H3,(H,22,25)/t18-/m0/s1. The van der Waals surface area contributed by atoms with Gasteiger partial charge in [0.25, 0.3) is 0 Å². The van der Waals surface area contributed by atoms with E-state index < -0.39 is 6.04 Å². The Kier molecular flexibility index (Phi) is 7.76. The van der Waals surface area contributed by atoms with Gasteiger partial charge in [-0.2, -0.15) is 0 Å². The highest BCUT2D eigenvalue weighted by Gasteiger charge is 2.30. The van der Waals surface area contributed by atoms with Gasteiger partial charge in [-0.25, -0.2) is 0 Å². The highest BCUT2D eigenvalue weighted by Crippen LogP contribution is 2.20. The number of carbonyl (C=O) groups excluding carboxylic acids is 2. The third-order valence-electron chi connectivity index (χ3n) is 4.82. The van der Waals surface area contributed by atoms with Gasteiger partial charge in [-0.05, 0) is 43.4 Å². The maximum absolute atomic E-state index is 12.8. The van der Waals surface area contributed by atoms with Crippen molar-refractivity contribution < 1.29 is 9.59 Å². The summed E-state index contributed by atoms with van der Waals surface area (Å²) in [5, 5.41) is 3.82. The van der Waals surface area contributed by atoms with Crippen LogP contribution in [0, 0.1) is 0 Å². The van der Waals surface area contributed by atoms with Crippen LogP contribution in [0.5, 0.6) is 0 Å². The van der Waals surface area contributed by atoms with E-state index in [0.29, 0.717) is 24.4 Å². The van der Waals surface area contributed by atoms with Crippen molar-refractivity contribution in [1.29, 1.82) is 0 Å². The Labute approximate surface area is 155 Å². The molecule has 1 N–H and O–H groups in total. The van der Waals surface area contributed by atoms with Crippen molar-refractivity contribution in [2.45, 2.75) is 77.4 Å². The summed E-state index contributed by atoms with van der Waals surface area (Å²) in [4.78, 5) is 27.2. The molecule has 1 fully saturated rings. The molecule has 1 aliphatic carbocycles. The molecule has 0 aromatic heterocycles. The molecule has 0 radical (unpaired) electrons. The van der Waals surface area contributed by atoms with Crippen molar-refractivity contribution in [2.75, 3.05) is 0 Å². The van der Waals surface area contributed by atoms with E-state index in [1.807, 2.05) is 38.1 Å². The fourth-order valence-electron chi connectivity index (χ4n) is 3.43. The number of nitrogens with one attached hydrogen (secondary N) is 1. The number of halogens is 1. The van der Waals surface area contributed by atoms with Gasteiger partial charge in [-0.1, -0.05) is 50.4 Å². The van der Waals surface area contributed by atoms with E-state index in [4.69, 9.17) is 11.6 Å². The molecule has 4 nitrogen and oxygen atoms in total. The van der Waals surface area contributed by atoms with Gasteiger partial charge in [0.2, 0.25) is 11.8 Å². The van der Waals surface area contributed by atoms with E-state index >= 15 is 0 Å². The van der Waals surface area contributed by atoms with Crippen LogP contribution in [0.4, 0.5) is 0 Å². The summed E-state index contributed by atoms with van der Waals surface area (Å²) in [6.07, 6.45) is 6.28. The van der Waals surface area contributed by atoms with Crippen LogP contribution in [0.15, 0.2) is 24.3 Å². The van der Waals surface area contributed by atoms with E-state index in [2.05, 4.69) is 5.32 Å². The molecule has 1 atom stereocenters. The molecule has 0 aliphatic heterocycles. The van der Waals surface area contributed by atoms with Crippen molar-refractivity contribution >= 4 is 23.4 Å². The molecule has 1 aromatic carbocycles. The lowest BCUT2D eigenvalue weighted by Crippen LogP contribution is -2.50. The first-order valence-electron chi connectivity index (χ1n) is 9.39. The molecule has 2 amide bonds. The number of hydrogen-bond donors (Lipinski definition) is 1. The third kappa shape index (κ3) is 5.74. The van der Waals surface area contributed by atoms with Crippen LogP contribution in [0.1, 0.15) is 64.4 Å². The first-order chi connectivity index (χ1) is 12.0. The largest absolute Gasteiger partial charge is 0.352 e. The Morgan fingerprint density at radius 2 is 1.84 bits per heavy atom. The van der Waals surface area contributed by atoms with Gasteiger partial charge in [-0.3, -0.25) is 9.59 Å². The van der Waals surface area contributed by atoms with Gasteiger partial charge in [0, 0.05) is 24.0 Å². The highest BCUT2D eigenvalue weighted by molar-refractivity contribution is 6.30. The summed E-state index contributed by atoms with van der Waals surface area (Å²) < 4.78 is 0. The fourth-order valence-corrected chi connectivity index (χ4v) is 3.56. The van der Waals surface area contributed by atoms with Crippen LogP contribution in [-0.2, 0) is 16.1 Å². The molecule has 1 aliphatic rings. The van der Waals surface area contributed by atoms with Gasteiger partial charge >= 0.3 is 0 Å². The van der Waals surface area contributed by atoms with Crippen LogP contribution >= 0.6 is 11.6 Å². The molecule has 1 aromatic rings. The van der Waals surface area contributed by atoms with E-state index in [9.17, 15) is 9.59 Å². The minimum Gasteiger partial charge on any atom is -0.352 e. The first-order valence-corrected chi connectivity index (χ1v) is 9.77. The number of carbonyl (C=O) groups is 2. The predicted octanol–water partition coefficient (Wildman–Crippen LogP) is 4.31. The van der Waals surface area contributed by atoms with Gasteiger partial charge in [-0.15, -0.1) is 0 Å². The smallest absolute Gasteiger partial charge is 0.243 e. The minimum absolute atomic E-state index is 0.0205. The quantitative estimate of drug-likeness (QED) is 0.747. The summed E-state index contributed by atoms with van der Waals surface area (Å²) in [7, 11) is 0. The molecule has 1 saturated carbocycles. The Bertz CT molecular complexity index is 568. The zero-order chi connectivity index (χ0) is 18.2. The molecular weight excluding hydrogens is 336 g/mol. The second-order valence-corrected chi connectivity index (χ2v) is 7.25. The number of nitrogens with zero attached hydrogens (tertiary/aromatic N) is 1. The SMILES string of the molecule is CCCC(=O)N(Cc1ccc(Cl)cc1)[C@@H](CC)C(=O)NC1CCCC1. The fraction of sp³-hybridized carbons (Fsp3) is 0.600. The normalized spacial score (nSPS) is 15.8. The molecular formula is C20H29ClN2O2. The zero-order valence-electron chi connectivity index (χ0n) is 15.3. The lowest BCUT2D eigenvalue weighted by molar-refractivity contribution is -0.141.